The van der Waals surface area contributed by atoms with Crippen LogP contribution in [0.3, 0.4) is 0 Å². The van der Waals surface area contributed by atoms with Crippen LogP contribution in [0.4, 0.5) is 5.95 Å². The number of methoxy groups -OCH3 is 1. The van der Waals surface area contributed by atoms with Crippen molar-refractivity contribution in [3.63, 3.8) is 0 Å². The molecule has 0 saturated heterocycles. The first-order chi connectivity index (χ1) is 7.88. The number of hydrogen-bond donors (Lipinski definition) is 1. The fourth-order valence-electron chi connectivity index (χ4n) is 1.29. The van der Waals surface area contributed by atoms with E-state index in [1.165, 1.54) is 4.88 Å². The summed E-state index contributed by atoms with van der Waals surface area (Å²) >= 11 is 1.76. The van der Waals surface area contributed by atoms with Crippen LogP contribution < -0.4 is 10.1 Å². The maximum absolute atomic E-state index is 5.02. The third kappa shape index (κ3) is 2.93. The minimum atomic E-state index is 0.577. The van der Waals surface area contributed by atoms with Crippen LogP contribution in [0.25, 0.3) is 0 Å². The normalized spacial score (nSPS) is 10.1. The molecule has 1 N–H and O–H groups in total. The van der Waals surface area contributed by atoms with Gasteiger partial charge in [0.15, 0.2) is 0 Å². The molecule has 2 aromatic rings. The molecule has 2 aromatic heterocycles. The van der Waals surface area contributed by atoms with Crippen molar-refractivity contribution in [3.8, 4) is 5.88 Å². The van der Waals surface area contributed by atoms with Crippen LogP contribution in [0.1, 0.15) is 4.88 Å². The zero-order chi connectivity index (χ0) is 11.2. The van der Waals surface area contributed by atoms with Gasteiger partial charge >= 0.3 is 0 Å². The first-order valence-electron chi connectivity index (χ1n) is 5.02. The van der Waals surface area contributed by atoms with E-state index < -0.39 is 0 Å². The predicted molar refractivity (Wildman–Crippen MR) is 65.1 cm³/mol. The molecule has 0 aliphatic heterocycles. The number of ether oxygens (including phenoxy) is 1. The maximum atomic E-state index is 5.02. The van der Waals surface area contributed by atoms with E-state index in [2.05, 4.69) is 32.8 Å². The average Bonchev–Trinajstić information content (AvgIpc) is 2.82. The van der Waals surface area contributed by atoms with Crippen LogP contribution in [0, 0.1) is 0 Å². The SMILES string of the molecule is COc1ccnc(NCCc2cccs2)n1. The molecular weight excluding hydrogens is 222 g/mol. The number of thiophene rings is 1. The Balaban J connectivity index is 1.85. The third-order valence-corrected chi connectivity index (χ3v) is 3.01. The second-order valence-corrected chi connectivity index (χ2v) is 4.21. The lowest BCUT2D eigenvalue weighted by molar-refractivity contribution is 0.397. The van der Waals surface area contributed by atoms with Crippen molar-refractivity contribution in [2.24, 2.45) is 0 Å². The molecule has 0 radical (unpaired) electrons. The lowest BCUT2D eigenvalue weighted by atomic mass is 10.3. The number of aromatic nitrogens is 2. The molecule has 5 heteroatoms. The number of rotatable bonds is 5. The van der Waals surface area contributed by atoms with Gasteiger partial charge in [0.05, 0.1) is 7.11 Å². The van der Waals surface area contributed by atoms with Gasteiger partial charge in [0.25, 0.3) is 0 Å². The van der Waals surface area contributed by atoms with E-state index >= 15 is 0 Å². The highest BCUT2D eigenvalue weighted by atomic mass is 32.1. The molecule has 16 heavy (non-hydrogen) atoms. The summed E-state index contributed by atoms with van der Waals surface area (Å²) in [5, 5.41) is 5.24. The van der Waals surface area contributed by atoms with Gasteiger partial charge in [-0.2, -0.15) is 4.98 Å². The molecule has 0 saturated carbocycles. The molecule has 0 atom stereocenters. The first kappa shape index (κ1) is 10.9. The second-order valence-electron chi connectivity index (χ2n) is 3.18. The van der Waals surface area contributed by atoms with Gasteiger partial charge in [-0.25, -0.2) is 4.98 Å². The Morgan fingerprint density at radius 2 is 2.38 bits per heavy atom. The highest BCUT2D eigenvalue weighted by Crippen LogP contribution is 2.10. The lowest BCUT2D eigenvalue weighted by Gasteiger charge is -2.04. The van der Waals surface area contributed by atoms with Crippen LogP contribution in [0.2, 0.25) is 0 Å². The Kier molecular flexibility index (Phi) is 3.71. The van der Waals surface area contributed by atoms with Crippen molar-refractivity contribution < 1.29 is 4.74 Å². The van der Waals surface area contributed by atoms with Crippen LogP contribution in [0.15, 0.2) is 29.8 Å². The van der Waals surface area contributed by atoms with Crippen LogP contribution in [0.5, 0.6) is 5.88 Å². The van der Waals surface area contributed by atoms with Gasteiger partial charge in [0, 0.05) is 23.7 Å². The van der Waals surface area contributed by atoms with Crippen molar-refractivity contribution in [1.29, 1.82) is 0 Å². The summed E-state index contributed by atoms with van der Waals surface area (Å²) in [7, 11) is 1.60. The highest BCUT2D eigenvalue weighted by molar-refractivity contribution is 7.09. The van der Waals surface area contributed by atoms with Crippen LogP contribution in [-0.2, 0) is 6.42 Å². The van der Waals surface area contributed by atoms with Gasteiger partial charge in [-0.05, 0) is 17.9 Å². The largest absolute Gasteiger partial charge is 0.481 e. The Hall–Kier alpha value is -1.62. The van der Waals surface area contributed by atoms with Gasteiger partial charge in [0.1, 0.15) is 0 Å². The summed E-state index contributed by atoms with van der Waals surface area (Å²) in [5.74, 6) is 1.18. The zero-order valence-corrected chi connectivity index (χ0v) is 9.83. The molecule has 2 rings (SSSR count). The molecule has 0 fully saturated rings. The van der Waals surface area contributed by atoms with Crippen molar-refractivity contribution in [2.45, 2.75) is 6.42 Å². The van der Waals surface area contributed by atoms with E-state index in [9.17, 15) is 0 Å². The van der Waals surface area contributed by atoms with Gasteiger partial charge < -0.3 is 10.1 Å². The van der Waals surface area contributed by atoms with E-state index in [1.54, 1.807) is 30.7 Å². The zero-order valence-electron chi connectivity index (χ0n) is 9.01. The monoisotopic (exact) mass is 235 g/mol. The summed E-state index contributed by atoms with van der Waals surface area (Å²) in [4.78, 5) is 9.63. The quantitative estimate of drug-likeness (QED) is 0.863. The average molecular weight is 235 g/mol. The van der Waals surface area contributed by atoms with Gasteiger partial charge in [-0.3, -0.25) is 0 Å². The summed E-state index contributed by atoms with van der Waals surface area (Å²) in [6.45, 7) is 0.827. The van der Waals surface area contributed by atoms with Crippen molar-refractivity contribution >= 4 is 17.3 Å². The molecule has 84 valence electrons. The molecule has 2 heterocycles. The molecule has 0 unspecified atom stereocenters. The van der Waals surface area contributed by atoms with E-state index in [-0.39, 0.29) is 0 Å². The minimum Gasteiger partial charge on any atom is -0.481 e. The molecule has 4 nitrogen and oxygen atoms in total. The van der Waals surface area contributed by atoms with E-state index in [0.717, 1.165) is 13.0 Å². The summed E-state index contributed by atoms with van der Waals surface area (Å²) in [6, 6.07) is 5.91. The molecule has 0 aromatic carbocycles. The molecule has 0 bridgehead atoms. The van der Waals surface area contributed by atoms with Gasteiger partial charge in [-0.1, -0.05) is 6.07 Å². The van der Waals surface area contributed by atoms with Crippen molar-refractivity contribution in [1.82, 2.24) is 9.97 Å². The van der Waals surface area contributed by atoms with Gasteiger partial charge in [0.2, 0.25) is 11.8 Å². The standard InChI is InChI=1S/C11H13N3OS/c1-15-10-5-7-13-11(14-10)12-6-4-9-3-2-8-16-9/h2-3,5,7-8H,4,6H2,1H3,(H,12,13,14). The smallest absolute Gasteiger partial charge is 0.225 e. The molecular formula is C11H13N3OS. The number of hydrogen-bond acceptors (Lipinski definition) is 5. The molecule has 0 aliphatic carbocycles. The summed E-state index contributed by atoms with van der Waals surface area (Å²) in [6.07, 6.45) is 2.66. The Labute approximate surface area is 98.3 Å². The third-order valence-electron chi connectivity index (χ3n) is 2.07. The van der Waals surface area contributed by atoms with Gasteiger partial charge in [-0.15, -0.1) is 11.3 Å². The molecule has 0 aliphatic rings. The summed E-state index contributed by atoms with van der Waals surface area (Å²) in [5.41, 5.74) is 0. The topological polar surface area (TPSA) is 47.0 Å². The fraction of sp³-hybridized carbons (Fsp3) is 0.273. The second kappa shape index (κ2) is 5.46. The van der Waals surface area contributed by atoms with Crippen molar-refractivity contribution in [2.75, 3.05) is 19.0 Å². The molecule has 0 amide bonds. The van der Waals surface area contributed by atoms with E-state index in [1.807, 2.05) is 0 Å². The van der Waals surface area contributed by atoms with E-state index in [0.29, 0.717) is 11.8 Å². The first-order valence-corrected chi connectivity index (χ1v) is 5.90. The predicted octanol–water partition coefficient (Wildman–Crippen LogP) is 2.20. The van der Waals surface area contributed by atoms with E-state index in [4.69, 9.17) is 4.74 Å². The lowest BCUT2D eigenvalue weighted by Crippen LogP contribution is -2.07. The maximum Gasteiger partial charge on any atom is 0.225 e. The van der Waals surface area contributed by atoms with Crippen LogP contribution >= 0.6 is 11.3 Å². The minimum absolute atomic E-state index is 0.577. The Morgan fingerprint density at radius 1 is 1.44 bits per heavy atom. The molecule has 0 spiro atoms. The number of nitrogens with one attached hydrogen (secondary N) is 1. The highest BCUT2D eigenvalue weighted by Gasteiger charge is 1.98. The van der Waals surface area contributed by atoms with Crippen LogP contribution in [-0.4, -0.2) is 23.6 Å². The summed E-state index contributed by atoms with van der Waals surface area (Å²) < 4.78 is 5.02. The fourth-order valence-corrected chi connectivity index (χ4v) is 2.00. The number of anilines is 1. The Bertz CT molecular complexity index is 431. The van der Waals surface area contributed by atoms with Crippen molar-refractivity contribution in [3.05, 3.63) is 34.7 Å². The Morgan fingerprint density at radius 3 is 3.12 bits per heavy atom. The number of nitrogens with zero attached hydrogens (tertiary/aromatic N) is 2.